The first kappa shape index (κ1) is 43.2. The Morgan fingerprint density at radius 2 is 0.926 bits per heavy atom. The highest BCUT2D eigenvalue weighted by Gasteiger charge is 2.24. The van der Waals surface area contributed by atoms with Gasteiger partial charge in [0.15, 0.2) is 11.9 Å². The molecule has 4 amide bonds. The van der Waals surface area contributed by atoms with Gasteiger partial charge in [-0.25, -0.2) is 0 Å². The summed E-state index contributed by atoms with van der Waals surface area (Å²) in [5.74, 6) is -0.842. The van der Waals surface area contributed by atoms with Crippen LogP contribution in [0.15, 0.2) is 58.3 Å². The number of carbonyl (C=O) groups is 4. The van der Waals surface area contributed by atoms with Crippen LogP contribution >= 0.6 is 23.5 Å². The molecule has 0 aliphatic rings. The second-order valence-corrected chi connectivity index (χ2v) is 16.7. The van der Waals surface area contributed by atoms with Gasteiger partial charge in [-0.2, -0.15) is 0 Å². The van der Waals surface area contributed by atoms with Crippen molar-refractivity contribution >= 4 is 81.8 Å². The third kappa shape index (κ3) is 13.0. The molecule has 14 nitrogen and oxygen atoms in total. The molecule has 16 heteroatoms. The lowest BCUT2D eigenvalue weighted by atomic mass is 9.86. The monoisotopic (exact) mass is 776 g/mol. The van der Waals surface area contributed by atoms with Crippen molar-refractivity contribution in [3.63, 3.8) is 0 Å². The molecule has 0 radical (unpaired) electrons. The first-order valence-corrected chi connectivity index (χ1v) is 19.2. The molecule has 0 aromatic heterocycles. The summed E-state index contributed by atoms with van der Waals surface area (Å²) in [4.78, 5) is 53.5. The molecule has 3 rings (SSSR count). The van der Waals surface area contributed by atoms with Crippen molar-refractivity contribution in [2.24, 2.45) is 11.5 Å². The maximum absolute atomic E-state index is 13.9. The molecule has 12 N–H and O–H groups in total. The molecule has 3 aromatic rings. The third-order valence-electron chi connectivity index (χ3n) is 7.74. The number of nitrogens with two attached hydrogens (primary N) is 2. The van der Waals surface area contributed by atoms with Crippen LogP contribution in [0.4, 0.5) is 22.7 Å². The van der Waals surface area contributed by atoms with Crippen LogP contribution in [0.3, 0.4) is 0 Å². The zero-order chi connectivity index (χ0) is 40.4. The Hall–Kier alpha value is -5.22. The van der Waals surface area contributed by atoms with Crippen molar-refractivity contribution in [3.8, 4) is 0 Å². The van der Waals surface area contributed by atoms with Crippen LogP contribution < -0.4 is 43.4 Å². The van der Waals surface area contributed by atoms with Crippen molar-refractivity contribution in [2.45, 2.75) is 76.0 Å². The fourth-order valence-electron chi connectivity index (χ4n) is 5.05. The van der Waals surface area contributed by atoms with Crippen molar-refractivity contribution in [3.05, 3.63) is 70.8 Å². The molecule has 0 bridgehead atoms. The van der Waals surface area contributed by atoms with Gasteiger partial charge in [-0.3, -0.25) is 30.0 Å². The number of guanidine groups is 2. The lowest BCUT2D eigenvalue weighted by molar-refractivity contribution is -0.115. The van der Waals surface area contributed by atoms with Gasteiger partial charge in [0.2, 0.25) is 11.8 Å². The summed E-state index contributed by atoms with van der Waals surface area (Å²) >= 11 is 2.77. The number of amides is 4. The number of carbonyl (C=O) groups excluding carboxylic acids is 4. The molecule has 290 valence electrons. The van der Waals surface area contributed by atoms with E-state index in [4.69, 9.17) is 22.3 Å². The zero-order valence-corrected chi connectivity index (χ0v) is 33.7. The number of hydrogen-bond acceptors (Lipinski definition) is 8. The van der Waals surface area contributed by atoms with E-state index in [2.05, 4.69) is 31.9 Å². The van der Waals surface area contributed by atoms with Crippen molar-refractivity contribution < 1.29 is 19.2 Å². The minimum Gasteiger partial charge on any atom is -0.370 e. The molecule has 0 aliphatic heterocycles. The van der Waals surface area contributed by atoms with E-state index >= 15 is 0 Å². The molecule has 0 fully saturated rings. The Labute approximate surface area is 325 Å². The van der Waals surface area contributed by atoms with E-state index in [0.717, 1.165) is 11.1 Å². The van der Waals surface area contributed by atoms with E-state index in [1.807, 2.05) is 65.8 Å². The molecule has 0 heterocycles. The molecule has 0 aliphatic carbocycles. The fourth-order valence-corrected chi connectivity index (χ4v) is 6.93. The number of anilines is 4. The van der Waals surface area contributed by atoms with E-state index < -0.39 is 11.8 Å². The van der Waals surface area contributed by atoms with E-state index in [1.165, 1.54) is 43.4 Å². The SMILES string of the molecule is CC(=O)Nc1cc(C(C)(C)C)cc(NC(=O)c2cccc(C(=O)Nc3cc(C(C)(C)C)cc(NC(C)=O)c3SCCNC(=N)N)c2)c1SCCNC(=N)N. The summed E-state index contributed by atoms with van der Waals surface area (Å²) in [6.45, 7) is 15.8. The van der Waals surface area contributed by atoms with Crippen LogP contribution in [-0.2, 0) is 20.4 Å². The predicted molar refractivity (Wildman–Crippen MR) is 223 cm³/mol. The van der Waals surface area contributed by atoms with Crippen LogP contribution in [0.25, 0.3) is 0 Å². The van der Waals surface area contributed by atoms with Gasteiger partial charge in [-0.15, -0.1) is 23.5 Å². The lowest BCUT2D eigenvalue weighted by Gasteiger charge is -2.24. The van der Waals surface area contributed by atoms with Gasteiger partial charge >= 0.3 is 0 Å². The van der Waals surface area contributed by atoms with Gasteiger partial charge in [0.25, 0.3) is 11.8 Å². The second kappa shape index (κ2) is 18.7. The van der Waals surface area contributed by atoms with E-state index in [9.17, 15) is 19.2 Å². The number of benzene rings is 3. The smallest absolute Gasteiger partial charge is 0.255 e. The first-order chi connectivity index (χ1) is 25.1. The number of hydrogen-bond donors (Lipinski definition) is 10. The van der Waals surface area contributed by atoms with E-state index in [1.54, 1.807) is 18.2 Å². The lowest BCUT2D eigenvalue weighted by Crippen LogP contribution is -2.31. The maximum Gasteiger partial charge on any atom is 0.255 e. The molecule has 0 atom stereocenters. The summed E-state index contributed by atoms with van der Waals surface area (Å²) in [6, 6.07) is 13.9. The van der Waals surface area contributed by atoms with Gasteiger partial charge in [0.1, 0.15) is 0 Å². The molecular weight excluding hydrogens is 725 g/mol. The number of thioether (sulfide) groups is 2. The molecule has 0 saturated carbocycles. The van der Waals surface area contributed by atoms with Gasteiger partial charge in [-0.1, -0.05) is 47.6 Å². The highest BCUT2D eigenvalue weighted by Crippen LogP contribution is 2.41. The minimum atomic E-state index is -0.468. The van der Waals surface area contributed by atoms with Crippen molar-refractivity contribution in [2.75, 3.05) is 45.9 Å². The zero-order valence-electron chi connectivity index (χ0n) is 32.1. The number of rotatable bonds is 14. The quantitative estimate of drug-likeness (QED) is 0.0405. The Morgan fingerprint density at radius 3 is 1.22 bits per heavy atom. The molecule has 0 unspecified atom stereocenters. The summed E-state index contributed by atoms with van der Waals surface area (Å²) < 4.78 is 0. The minimum absolute atomic E-state index is 0.162. The Morgan fingerprint density at radius 1 is 0.593 bits per heavy atom. The van der Waals surface area contributed by atoms with Crippen LogP contribution in [0, 0.1) is 10.8 Å². The van der Waals surface area contributed by atoms with Crippen LogP contribution in [0.5, 0.6) is 0 Å². The van der Waals surface area contributed by atoms with Gasteiger partial charge in [-0.05, 0) is 64.4 Å². The molecule has 3 aromatic carbocycles. The third-order valence-corrected chi connectivity index (χ3v) is 10.0. The van der Waals surface area contributed by atoms with Crippen LogP contribution in [0.2, 0.25) is 0 Å². The van der Waals surface area contributed by atoms with Gasteiger partial charge < -0.3 is 43.4 Å². The van der Waals surface area contributed by atoms with Gasteiger partial charge in [0, 0.05) is 49.6 Å². The van der Waals surface area contributed by atoms with Crippen LogP contribution in [0.1, 0.15) is 87.2 Å². The summed E-state index contributed by atoms with van der Waals surface area (Å²) in [5.41, 5.74) is 14.5. The summed E-state index contributed by atoms with van der Waals surface area (Å²) in [6.07, 6.45) is 0. The van der Waals surface area contributed by atoms with Crippen molar-refractivity contribution in [1.82, 2.24) is 10.6 Å². The van der Waals surface area contributed by atoms with Crippen LogP contribution in [-0.4, -0.2) is 60.1 Å². The van der Waals surface area contributed by atoms with E-state index in [0.29, 0.717) is 57.1 Å². The Bertz CT molecular complexity index is 1790. The Balaban J connectivity index is 2.02. The topological polar surface area (TPSA) is 240 Å². The molecule has 0 saturated heterocycles. The highest BCUT2D eigenvalue weighted by molar-refractivity contribution is 7.99. The molecular formula is C38H52N10O4S2. The maximum atomic E-state index is 13.9. The average Bonchev–Trinajstić information content (AvgIpc) is 3.04. The second-order valence-electron chi connectivity index (χ2n) is 14.5. The number of nitrogens with one attached hydrogen (secondary N) is 8. The summed E-state index contributed by atoms with van der Waals surface area (Å²) in [5, 5.41) is 32.3. The Kier molecular flexibility index (Phi) is 15.0. The standard InChI is InChI=1S/C38H52N10O4S2/c1-21(49)45-27-17-25(37(3,4)5)19-29(31(27)53-14-12-43-35(39)40)47-33(51)23-10-9-11-24(16-23)34(52)48-30-20-26(38(6,7)8)18-28(46-22(2)50)32(30)54-15-13-44-36(41)42/h9-11,16-20H,12-15H2,1-8H3,(H,45,49)(H,46,50)(H,47,51)(H,48,52)(H4,39,40,43)(H4,41,42,44). The first-order valence-electron chi connectivity index (χ1n) is 17.2. The van der Waals surface area contributed by atoms with Crippen molar-refractivity contribution in [1.29, 1.82) is 10.8 Å². The fraction of sp³-hybridized carbons (Fsp3) is 0.368. The van der Waals surface area contributed by atoms with Gasteiger partial charge in [0.05, 0.1) is 32.5 Å². The predicted octanol–water partition coefficient (Wildman–Crippen LogP) is 5.85. The summed E-state index contributed by atoms with van der Waals surface area (Å²) in [7, 11) is 0. The molecule has 0 spiro atoms. The highest BCUT2D eigenvalue weighted by atomic mass is 32.2. The normalized spacial score (nSPS) is 11.3. The van der Waals surface area contributed by atoms with E-state index in [-0.39, 0.29) is 45.7 Å². The molecule has 54 heavy (non-hydrogen) atoms. The largest absolute Gasteiger partial charge is 0.370 e. The average molecular weight is 777 g/mol.